The molecule has 0 spiro atoms. The molecule has 0 radical (unpaired) electrons. The lowest BCUT2D eigenvalue weighted by Gasteiger charge is -2.26. The van der Waals surface area contributed by atoms with E-state index in [2.05, 4.69) is 6.92 Å². The molecule has 0 bridgehead atoms. The van der Waals surface area contributed by atoms with Crippen LogP contribution in [0.5, 0.6) is 0 Å². The van der Waals surface area contributed by atoms with Crippen molar-refractivity contribution in [2.45, 2.75) is 58.2 Å². The van der Waals surface area contributed by atoms with E-state index < -0.39 is 17.7 Å². The number of hydrogen-bond donors (Lipinski definition) is 2. The maximum Gasteiger partial charge on any atom is 0.335 e. The van der Waals surface area contributed by atoms with Gasteiger partial charge in [0.15, 0.2) is 5.60 Å². The van der Waals surface area contributed by atoms with Crippen molar-refractivity contribution in [3.63, 3.8) is 0 Å². The van der Waals surface area contributed by atoms with Gasteiger partial charge in [0, 0.05) is 13.0 Å². The van der Waals surface area contributed by atoms with Crippen LogP contribution in [0.15, 0.2) is 0 Å². The highest BCUT2D eigenvalue weighted by Crippen LogP contribution is 2.19. The molecular weight excluding hydrogens is 196 g/mol. The molecule has 0 saturated heterocycles. The van der Waals surface area contributed by atoms with Gasteiger partial charge < -0.3 is 14.9 Å². The molecule has 0 heterocycles. The van der Waals surface area contributed by atoms with Gasteiger partial charge in [-0.3, -0.25) is 0 Å². The van der Waals surface area contributed by atoms with Gasteiger partial charge in [-0.15, -0.1) is 0 Å². The Morgan fingerprint density at radius 3 is 2.47 bits per heavy atom. The Morgan fingerprint density at radius 2 is 2.07 bits per heavy atom. The number of carboxylic acid groups (broad SMARTS) is 1. The minimum atomic E-state index is -1.26. The summed E-state index contributed by atoms with van der Waals surface area (Å²) in [5, 5.41) is 18.2. The Hall–Kier alpha value is -0.610. The van der Waals surface area contributed by atoms with Crippen LogP contribution in [0.25, 0.3) is 0 Å². The highest BCUT2D eigenvalue weighted by molar-refractivity contribution is 5.76. The number of aliphatic hydroxyl groups is 1. The van der Waals surface area contributed by atoms with E-state index in [1.165, 1.54) is 6.92 Å². The van der Waals surface area contributed by atoms with Crippen LogP contribution in [0.1, 0.15) is 46.5 Å². The first-order valence-corrected chi connectivity index (χ1v) is 5.47. The third-order valence-corrected chi connectivity index (χ3v) is 2.31. The summed E-state index contributed by atoms with van der Waals surface area (Å²) in [5.74, 6) is -1.01. The lowest BCUT2D eigenvalue weighted by Crippen LogP contribution is -2.41. The van der Waals surface area contributed by atoms with Crippen LogP contribution in [-0.4, -0.2) is 34.5 Å². The fourth-order valence-electron chi connectivity index (χ4n) is 1.42. The number of unbranched alkanes of at least 4 members (excludes halogenated alkanes) is 2. The molecular formula is C11H22O4. The van der Waals surface area contributed by atoms with Gasteiger partial charge in [-0.25, -0.2) is 4.79 Å². The van der Waals surface area contributed by atoms with Crippen molar-refractivity contribution in [2.75, 3.05) is 6.61 Å². The first-order chi connectivity index (χ1) is 6.92. The van der Waals surface area contributed by atoms with Crippen molar-refractivity contribution >= 4 is 5.97 Å². The molecule has 4 nitrogen and oxygen atoms in total. The lowest BCUT2D eigenvalue weighted by molar-refractivity contribution is -0.167. The molecule has 2 N–H and O–H groups in total. The number of carboxylic acids is 1. The topological polar surface area (TPSA) is 66.8 Å². The van der Waals surface area contributed by atoms with E-state index in [-0.39, 0.29) is 6.42 Å². The molecule has 2 atom stereocenters. The predicted molar refractivity (Wildman–Crippen MR) is 57.8 cm³/mol. The van der Waals surface area contributed by atoms with E-state index in [9.17, 15) is 9.90 Å². The Kier molecular flexibility index (Phi) is 6.52. The zero-order chi connectivity index (χ0) is 11.9. The number of ether oxygens (including phenoxy) is 1. The molecule has 0 amide bonds. The van der Waals surface area contributed by atoms with Crippen LogP contribution in [-0.2, 0) is 9.53 Å². The van der Waals surface area contributed by atoms with E-state index in [0.29, 0.717) is 6.61 Å². The molecule has 0 aromatic carbocycles. The summed E-state index contributed by atoms with van der Waals surface area (Å²) in [6.45, 7) is 5.58. The molecule has 0 aliphatic carbocycles. The molecule has 0 fully saturated rings. The molecule has 15 heavy (non-hydrogen) atoms. The van der Waals surface area contributed by atoms with Crippen molar-refractivity contribution in [3.05, 3.63) is 0 Å². The Bertz CT molecular complexity index is 191. The molecule has 0 rings (SSSR count). The SMILES string of the molecule is CCCCCOC(C)(CC(C)O)C(=O)O. The van der Waals surface area contributed by atoms with E-state index in [1.54, 1.807) is 6.92 Å². The number of aliphatic carboxylic acids is 1. The second-order valence-corrected chi connectivity index (χ2v) is 4.14. The van der Waals surface area contributed by atoms with Gasteiger partial charge in [-0.05, 0) is 20.3 Å². The van der Waals surface area contributed by atoms with E-state index in [1.807, 2.05) is 0 Å². The summed E-state index contributed by atoms with van der Waals surface area (Å²) in [7, 11) is 0. The Labute approximate surface area is 91.3 Å². The van der Waals surface area contributed by atoms with E-state index >= 15 is 0 Å². The monoisotopic (exact) mass is 218 g/mol. The smallest absolute Gasteiger partial charge is 0.335 e. The average Bonchev–Trinajstić information content (AvgIpc) is 2.11. The fraction of sp³-hybridized carbons (Fsp3) is 0.909. The third kappa shape index (κ3) is 5.74. The molecule has 4 heteroatoms. The van der Waals surface area contributed by atoms with Crippen LogP contribution in [0.3, 0.4) is 0 Å². The average molecular weight is 218 g/mol. The first kappa shape index (κ1) is 14.4. The zero-order valence-electron chi connectivity index (χ0n) is 9.82. The van der Waals surface area contributed by atoms with Gasteiger partial charge in [0.2, 0.25) is 0 Å². The van der Waals surface area contributed by atoms with Crippen LogP contribution in [0.2, 0.25) is 0 Å². The molecule has 0 saturated carbocycles. The minimum absolute atomic E-state index is 0.120. The van der Waals surface area contributed by atoms with E-state index in [4.69, 9.17) is 9.84 Å². The van der Waals surface area contributed by atoms with Crippen LogP contribution in [0, 0.1) is 0 Å². The maximum atomic E-state index is 11.0. The molecule has 2 unspecified atom stereocenters. The molecule has 0 aromatic heterocycles. The minimum Gasteiger partial charge on any atom is -0.479 e. The molecule has 0 aliphatic rings. The van der Waals surface area contributed by atoms with E-state index in [0.717, 1.165) is 19.3 Å². The molecule has 0 aliphatic heterocycles. The maximum absolute atomic E-state index is 11.0. The predicted octanol–water partition coefficient (Wildman–Crippen LogP) is 1.81. The van der Waals surface area contributed by atoms with Crippen molar-refractivity contribution < 1.29 is 19.7 Å². The second-order valence-electron chi connectivity index (χ2n) is 4.14. The quantitative estimate of drug-likeness (QED) is 0.610. The summed E-state index contributed by atoms with van der Waals surface area (Å²) in [5.41, 5.74) is -1.26. The zero-order valence-corrected chi connectivity index (χ0v) is 9.82. The number of hydrogen-bond acceptors (Lipinski definition) is 3. The summed E-state index contributed by atoms with van der Waals surface area (Å²) in [6.07, 6.45) is 2.42. The standard InChI is InChI=1S/C11H22O4/c1-4-5-6-7-15-11(3,10(13)14)8-9(2)12/h9,12H,4-8H2,1-3H3,(H,13,14). The van der Waals surface area contributed by atoms with Crippen molar-refractivity contribution in [1.82, 2.24) is 0 Å². The summed E-state index contributed by atoms with van der Waals surface area (Å²) >= 11 is 0. The Balaban J connectivity index is 4.08. The van der Waals surface area contributed by atoms with Gasteiger partial charge in [0.25, 0.3) is 0 Å². The third-order valence-electron chi connectivity index (χ3n) is 2.31. The molecule has 0 aromatic rings. The number of carbonyl (C=O) groups is 1. The first-order valence-electron chi connectivity index (χ1n) is 5.47. The largest absolute Gasteiger partial charge is 0.479 e. The van der Waals surface area contributed by atoms with Crippen molar-refractivity contribution in [1.29, 1.82) is 0 Å². The van der Waals surface area contributed by atoms with Crippen LogP contribution >= 0.6 is 0 Å². The van der Waals surface area contributed by atoms with Crippen LogP contribution < -0.4 is 0 Å². The number of aliphatic hydroxyl groups excluding tert-OH is 1. The van der Waals surface area contributed by atoms with Gasteiger partial charge in [0.05, 0.1) is 6.10 Å². The second kappa shape index (κ2) is 6.80. The van der Waals surface area contributed by atoms with Crippen molar-refractivity contribution in [3.8, 4) is 0 Å². The number of rotatable bonds is 8. The van der Waals surface area contributed by atoms with Gasteiger partial charge in [-0.1, -0.05) is 19.8 Å². The van der Waals surface area contributed by atoms with Gasteiger partial charge >= 0.3 is 5.97 Å². The summed E-state index contributed by atoms with van der Waals surface area (Å²) < 4.78 is 5.34. The molecule has 90 valence electrons. The van der Waals surface area contributed by atoms with Crippen molar-refractivity contribution in [2.24, 2.45) is 0 Å². The summed E-state index contributed by atoms with van der Waals surface area (Å²) in [6, 6.07) is 0. The highest BCUT2D eigenvalue weighted by atomic mass is 16.5. The van der Waals surface area contributed by atoms with Gasteiger partial charge in [0.1, 0.15) is 0 Å². The van der Waals surface area contributed by atoms with Gasteiger partial charge in [-0.2, -0.15) is 0 Å². The fourth-order valence-corrected chi connectivity index (χ4v) is 1.42. The van der Waals surface area contributed by atoms with Crippen LogP contribution in [0.4, 0.5) is 0 Å². The summed E-state index contributed by atoms with van der Waals surface area (Å²) in [4.78, 5) is 11.0. The normalized spacial score (nSPS) is 17.1. The lowest BCUT2D eigenvalue weighted by atomic mass is 9.99. The highest BCUT2D eigenvalue weighted by Gasteiger charge is 2.35. The Morgan fingerprint density at radius 1 is 1.47 bits per heavy atom.